The summed E-state index contributed by atoms with van der Waals surface area (Å²) in [6.07, 6.45) is -0.0310. The quantitative estimate of drug-likeness (QED) is 0.243. The number of nitrogens with zero attached hydrogens (tertiary/aromatic N) is 2. The van der Waals surface area contributed by atoms with E-state index in [0.29, 0.717) is 39.7 Å². The normalized spacial score (nSPS) is 24.1. The first-order valence-corrected chi connectivity index (χ1v) is 18.1. The van der Waals surface area contributed by atoms with Crippen LogP contribution in [0.1, 0.15) is 30.5 Å². The number of likely N-dealkylation sites (N-methyl/N-ethyl adjacent to an activating group) is 2. The van der Waals surface area contributed by atoms with Crippen LogP contribution < -0.4 is 35.5 Å². The van der Waals surface area contributed by atoms with Crippen molar-refractivity contribution in [2.45, 2.75) is 69.4 Å². The largest absolute Gasteiger partial charge is 0.497 e. The molecule has 0 spiro atoms. The predicted molar refractivity (Wildman–Crippen MR) is 203 cm³/mol. The second-order valence-corrected chi connectivity index (χ2v) is 13.9. The van der Waals surface area contributed by atoms with Crippen molar-refractivity contribution in [2.75, 3.05) is 34.9 Å². The van der Waals surface area contributed by atoms with E-state index in [1.54, 1.807) is 66.7 Å². The van der Waals surface area contributed by atoms with Gasteiger partial charge in [0.1, 0.15) is 47.8 Å². The molecule has 6 atom stereocenters. The SMILES string of the molecule is COc1ccc(C[C@H]2C(=O)N[C@@H](C)C(=O)N[C@H]3Cc4ccc(cc4)Oc4cc(ccc4OC)C[C@@H](C(=O)N[C@H](C)C(=O)N[C@@H](CO)C(=O)N2C)N(C)C3=O)cc1. The Labute approximate surface area is 324 Å². The van der Waals surface area contributed by atoms with Crippen LogP contribution in [0.15, 0.2) is 66.7 Å². The van der Waals surface area contributed by atoms with Crippen LogP contribution >= 0.6 is 0 Å². The Hall–Kier alpha value is -6.16. The number of aliphatic hydroxyl groups excluding tert-OH is 1. The fourth-order valence-corrected chi connectivity index (χ4v) is 6.53. The van der Waals surface area contributed by atoms with Crippen LogP contribution in [-0.2, 0) is 48.0 Å². The number of rotatable bonds is 5. The third-order valence-electron chi connectivity index (χ3n) is 9.99. The molecule has 6 bridgehead atoms. The summed E-state index contributed by atoms with van der Waals surface area (Å²) in [5.74, 6) is -2.44. The molecule has 1 saturated heterocycles. The first-order valence-electron chi connectivity index (χ1n) is 18.1. The van der Waals surface area contributed by atoms with Gasteiger partial charge in [0.2, 0.25) is 35.4 Å². The first-order chi connectivity index (χ1) is 26.7. The summed E-state index contributed by atoms with van der Waals surface area (Å²) in [6, 6.07) is 11.3. The van der Waals surface area contributed by atoms with Crippen LogP contribution in [0, 0.1) is 0 Å². The molecule has 3 aliphatic rings. The summed E-state index contributed by atoms with van der Waals surface area (Å²) in [5, 5.41) is 20.8. The van der Waals surface area contributed by atoms with Gasteiger partial charge in [0.25, 0.3) is 0 Å². The third kappa shape index (κ3) is 9.55. The number of fused-ring (bicyclic) bond motifs is 2. The monoisotopic (exact) mass is 772 g/mol. The van der Waals surface area contributed by atoms with Crippen molar-refractivity contribution < 1.29 is 48.1 Å². The van der Waals surface area contributed by atoms with E-state index in [9.17, 15) is 33.9 Å². The Kier molecular flexibility index (Phi) is 13.2. The van der Waals surface area contributed by atoms with Crippen molar-refractivity contribution in [3.8, 4) is 23.0 Å². The van der Waals surface area contributed by atoms with Gasteiger partial charge in [0, 0.05) is 33.4 Å². The van der Waals surface area contributed by atoms with Crippen LogP contribution in [0.2, 0.25) is 0 Å². The van der Waals surface area contributed by atoms with Crippen molar-refractivity contribution in [1.29, 1.82) is 0 Å². The molecule has 1 fully saturated rings. The Bertz CT molecular complexity index is 1940. The lowest BCUT2D eigenvalue weighted by Crippen LogP contribution is -2.62. The maximum Gasteiger partial charge on any atom is 0.247 e. The standard InChI is InChI=1S/C40H48N6O10/c1-22-35(48)43-29-17-24-9-14-28(15-10-24)56-34-20-26(11-16-33(34)55-6)19-32(45(3)39(29)52)38(51)42-23(2)36(49)44-30(21-47)40(53)46(4)31(37(50)41-22)18-25-7-12-27(54-5)13-8-25/h7-16,20,22-23,29-32,47H,17-19,21H2,1-6H3,(H,41,50)(H,42,51)(H,43,48)(H,44,49)/t22-,23+,29-,30-,31-,32-/m0/s1. The molecule has 0 aromatic heterocycles. The van der Waals surface area contributed by atoms with Crippen LogP contribution in [0.4, 0.5) is 0 Å². The lowest BCUT2D eigenvalue weighted by molar-refractivity contribution is -0.145. The molecule has 3 aromatic carbocycles. The summed E-state index contributed by atoms with van der Waals surface area (Å²) >= 11 is 0. The van der Waals surface area contributed by atoms with E-state index in [1.165, 1.54) is 47.1 Å². The molecule has 3 heterocycles. The number of hydrogen-bond donors (Lipinski definition) is 5. The van der Waals surface area contributed by atoms with Crippen LogP contribution in [0.3, 0.4) is 0 Å². The number of carbonyl (C=O) groups excluding carboxylic acids is 6. The molecular weight excluding hydrogens is 724 g/mol. The van der Waals surface area contributed by atoms with Crippen molar-refractivity contribution in [3.05, 3.63) is 83.4 Å². The number of nitrogens with one attached hydrogen (secondary N) is 4. The van der Waals surface area contributed by atoms with Crippen molar-refractivity contribution >= 4 is 35.4 Å². The average molecular weight is 773 g/mol. The topological polar surface area (TPSA) is 205 Å². The maximum absolute atomic E-state index is 14.4. The fourth-order valence-electron chi connectivity index (χ4n) is 6.53. The molecule has 0 aliphatic carbocycles. The Morgan fingerprint density at radius 2 is 1.32 bits per heavy atom. The highest BCUT2D eigenvalue weighted by molar-refractivity contribution is 5.98. The van der Waals surface area contributed by atoms with E-state index in [2.05, 4.69) is 21.3 Å². The summed E-state index contributed by atoms with van der Waals surface area (Å²) < 4.78 is 16.9. The molecule has 16 nitrogen and oxygen atoms in total. The summed E-state index contributed by atoms with van der Waals surface area (Å²) in [4.78, 5) is 86.0. The van der Waals surface area contributed by atoms with Gasteiger partial charge >= 0.3 is 0 Å². The second kappa shape index (κ2) is 18.0. The van der Waals surface area contributed by atoms with E-state index in [0.717, 1.165) is 4.90 Å². The zero-order valence-corrected chi connectivity index (χ0v) is 32.2. The van der Waals surface area contributed by atoms with E-state index in [1.807, 2.05) is 0 Å². The molecule has 5 N–H and O–H groups in total. The van der Waals surface area contributed by atoms with E-state index in [4.69, 9.17) is 14.2 Å². The molecule has 16 heteroatoms. The minimum atomic E-state index is -1.50. The lowest BCUT2D eigenvalue weighted by Gasteiger charge is -2.34. The van der Waals surface area contributed by atoms with Gasteiger partial charge in [-0.1, -0.05) is 30.3 Å². The summed E-state index contributed by atoms with van der Waals surface area (Å²) in [7, 11) is 5.78. The fraction of sp³-hybridized carbons (Fsp3) is 0.400. The van der Waals surface area contributed by atoms with Gasteiger partial charge in [0.15, 0.2) is 11.5 Å². The van der Waals surface area contributed by atoms with E-state index >= 15 is 0 Å². The molecule has 6 amide bonds. The molecule has 0 saturated carbocycles. The highest BCUT2D eigenvalue weighted by Gasteiger charge is 2.38. The highest BCUT2D eigenvalue weighted by atomic mass is 16.5. The Morgan fingerprint density at radius 1 is 0.696 bits per heavy atom. The van der Waals surface area contributed by atoms with Crippen LogP contribution in [0.25, 0.3) is 0 Å². The van der Waals surface area contributed by atoms with Gasteiger partial charge in [-0.2, -0.15) is 0 Å². The Balaban J connectivity index is 1.56. The van der Waals surface area contributed by atoms with Crippen LogP contribution in [0.5, 0.6) is 23.0 Å². The molecule has 6 rings (SSSR count). The number of hydrogen-bond acceptors (Lipinski definition) is 10. The molecule has 3 aromatic rings. The minimum Gasteiger partial charge on any atom is -0.497 e. The molecule has 298 valence electrons. The molecule has 3 aliphatic heterocycles. The van der Waals surface area contributed by atoms with Gasteiger partial charge in [-0.05, 0) is 66.9 Å². The first kappa shape index (κ1) is 41.0. The number of aliphatic hydroxyl groups is 1. The zero-order valence-electron chi connectivity index (χ0n) is 32.2. The van der Waals surface area contributed by atoms with Crippen molar-refractivity contribution in [3.63, 3.8) is 0 Å². The number of methoxy groups -OCH3 is 2. The van der Waals surface area contributed by atoms with Gasteiger partial charge < -0.3 is 50.4 Å². The minimum absolute atomic E-state index is 0.00630. The third-order valence-corrected chi connectivity index (χ3v) is 9.99. The van der Waals surface area contributed by atoms with Gasteiger partial charge in [0.05, 0.1) is 20.8 Å². The summed E-state index contributed by atoms with van der Waals surface area (Å²) in [6.45, 7) is 2.01. The zero-order chi connectivity index (χ0) is 40.7. The number of ether oxygens (including phenoxy) is 3. The van der Waals surface area contributed by atoms with Crippen molar-refractivity contribution in [1.82, 2.24) is 31.1 Å². The highest BCUT2D eigenvalue weighted by Crippen LogP contribution is 2.33. The van der Waals surface area contributed by atoms with Gasteiger partial charge in [-0.15, -0.1) is 0 Å². The number of amides is 6. The molecule has 0 unspecified atom stereocenters. The van der Waals surface area contributed by atoms with Crippen LogP contribution in [-0.4, -0.2) is 122 Å². The van der Waals surface area contributed by atoms with Crippen molar-refractivity contribution in [2.24, 2.45) is 0 Å². The van der Waals surface area contributed by atoms with Gasteiger partial charge in [-0.3, -0.25) is 28.8 Å². The van der Waals surface area contributed by atoms with E-state index < -0.39 is 78.3 Å². The predicted octanol–water partition coefficient (Wildman–Crippen LogP) is 0.476. The second-order valence-electron chi connectivity index (χ2n) is 13.9. The average Bonchev–Trinajstić information content (AvgIpc) is 3.19. The van der Waals surface area contributed by atoms with Gasteiger partial charge in [-0.25, -0.2) is 0 Å². The smallest absolute Gasteiger partial charge is 0.247 e. The molecule has 56 heavy (non-hydrogen) atoms. The lowest BCUT2D eigenvalue weighted by atomic mass is 9.99. The molecule has 0 radical (unpaired) electrons. The summed E-state index contributed by atoms with van der Waals surface area (Å²) in [5.41, 5.74) is 1.89. The number of benzene rings is 3. The number of carbonyl (C=O) groups is 6. The maximum atomic E-state index is 14.4. The Morgan fingerprint density at radius 3 is 1.95 bits per heavy atom. The van der Waals surface area contributed by atoms with E-state index in [-0.39, 0.29) is 19.3 Å². The molecular formula is C40H48N6O10.